The van der Waals surface area contributed by atoms with E-state index in [0.717, 1.165) is 31.2 Å². The van der Waals surface area contributed by atoms with Crippen LogP contribution in [-0.4, -0.2) is 42.7 Å². The molecule has 1 unspecified atom stereocenters. The van der Waals surface area contributed by atoms with Crippen molar-refractivity contribution >= 4 is 27.3 Å². The third kappa shape index (κ3) is 4.63. The topological polar surface area (TPSA) is 57.7 Å². The maximum absolute atomic E-state index is 13.4. The first-order valence-electron chi connectivity index (χ1n) is 10.8. The molecule has 0 radical (unpaired) electrons. The molecule has 1 saturated carbocycles. The van der Waals surface area contributed by atoms with Gasteiger partial charge in [-0.3, -0.25) is 4.79 Å². The number of hydrogen-bond donors (Lipinski definition) is 0. The summed E-state index contributed by atoms with van der Waals surface area (Å²) < 4.78 is 27.7. The second-order valence-electron chi connectivity index (χ2n) is 8.73. The van der Waals surface area contributed by atoms with Crippen LogP contribution in [-0.2, 0) is 21.4 Å². The fourth-order valence-corrected chi connectivity index (χ4v) is 6.78. The van der Waals surface area contributed by atoms with Crippen LogP contribution in [0.3, 0.4) is 0 Å². The highest BCUT2D eigenvalue weighted by molar-refractivity contribution is 7.91. The summed E-state index contributed by atoms with van der Waals surface area (Å²) in [6.45, 7) is 5.73. The Hall–Kier alpha value is -1.70. The van der Waals surface area contributed by atoms with Crippen molar-refractivity contribution in [3.05, 3.63) is 52.9 Å². The Morgan fingerprint density at radius 2 is 1.90 bits per heavy atom. The Bertz CT molecular complexity index is 964. The van der Waals surface area contributed by atoms with Gasteiger partial charge in [0.15, 0.2) is 0 Å². The number of nitrogens with zero attached hydrogens (tertiary/aromatic N) is 2. The van der Waals surface area contributed by atoms with E-state index in [4.69, 9.17) is 0 Å². The van der Waals surface area contributed by atoms with Gasteiger partial charge in [0.25, 0.3) is 10.0 Å². The molecule has 5 nitrogen and oxygen atoms in total. The van der Waals surface area contributed by atoms with Crippen LogP contribution in [0.1, 0.15) is 56.6 Å². The summed E-state index contributed by atoms with van der Waals surface area (Å²) >= 11 is 1.23. The van der Waals surface area contributed by atoms with Crippen molar-refractivity contribution in [2.75, 3.05) is 13.1 Å². The van der Waals surface area contributed by atoms with Crippen LogP contribution in [0.5, 0.6) is 0 Å². The van der Waals surface area contributed by atoms with Gasteiger partial charge in [-0.15, -0.1) is 11.3 Å². The van der Waals surface area contributed by atoms with E-state index in [1.807, 2.05) is 4.90 Å². The molecule has 1 aliphatic carbocycles. The summed E-state index contributed by atoms with van der Waals surface area (Å²) in [6.07, 6.45) is 3.56. The molecule has 2 aliphatic rings. The standard InChI is InChI=1S/C23H30N2O3S2/c1-17(2)19-9-7-18(8-10-19)15-25(21-11-12-21)23(26)20-5-3-13-24(16-20)30(27,28)22-6-4-14-29-22/h4,6-10,14,17,20-21H,3,5,11-13,15-16H2,1-2H3. The molecule has 1 saturated heterocycles. The first kappa shape index (κ1) is 21.5. The Morgan fingerprint density at radius 3 is 2.50 bits per heavy atom. The van der Waals surface area contributed by atoms with Crippen LogP contribution in [0, 0.1) is 5.92 Å². The van der Waals surface area contributed by atoms with Crippen molar-refractivity contribution in [1.82, 2.24) is 9.21 Å². The number of sulfonamides is 1. The molecule has 1 aromatic carbocycles. The Kier molecular flexibility index (Phi) is 6.32. The summed E-state index contributed by atoms with van der Waals surface area (Å²) in [7, 11) is -3.51. The molecule has 7 heteroatoms. The molecular formula is C23H30N2O3S2. The lowest BCUT2D eigenvalue weighted by Gasteiger charge is -2.34. The van der Waals surface area contributed by atoms with E-state index in [1.54, 1.807) is 17.5 Å². The fourth-order valence-electron chi connectivity index (χ4n) is 4.11. The van der Waals surface area contributed by atoms with E-state index < -0.39 is 10.0 Å². The van der Waals surface area contributed by atoms with Crippen LogP contribution in [0.25, 0.3) is 0 Å². The molecule has 2 aromatic rings. The zero-order valence-corrected chi connectivity index (χ0v) is 19.3. The van der Waals surface area contributed by atoms with Gasteiger partial charge in [-0.2, -0.15) is 4.31 Å². The van der Waals surface area contributed by atoms with Crippen molar-refractivity contribution in [3.63, 3.8) is 0 Å². The highest BCUT2D eigenvalue weighted by atomic mass is 32.2. The monoisotopic (exact) mass is 446 g/mol. The minimum atomic E-state index is -3.51. The molecule has 1 atom stereocenters. The molecule has 1 aromatic heterocycles. The fraction of sp³-hybridized carbons (Fsp3) is 0.522. The summed E-state index contributed by atoms with van der Waals surface area (Å²) in [6, 6.07) is 12.2. The van der Waals surface area contributed by atoms with Crippen LogP contribution in [0.15, 0.2) is 46.0 Å². The van der Waals surface area contributed by atoms with E-state index in [2.05, 4.69) is 38.1 Å². The Balaban J connectivity index is 1.47. The molecule has 0 bridgehead atoms. The maximum Gasteiger partial charge on any atom is 0.252 e. The molecule has 0 N–H and O–H groups in total. The van der Waals surface area contributed by atoms with E-state index in [0.29, 0.717) is 29.3 Å². The smallest absolute Gasteiger partial charge is 0.252 e. The van der Waals surface area contributed by atoms with Crippen molar-refractivity contribution in [2.45, 2.75) is 62.2 Å². The van der Waals surface area contributed by atoms with E-state index in [1.165, 1.54) is 21.2 Å². The second kappa shape index (κ2) is 8.81. The van der Waals surface area contributed by atoms with Crippen LogP contribution >= 0.6 is 11.3 Å². The molecule has 162 valence electrons. The molecular weight excluding hydrogens is 416 g/mol. The van der Waals surface area contributed by atoms with E-state index in [9.17, 15) is 13.2 Å². The van der Waals surface area contributed by atoms with Gasteiger partial charge in [0, 0.05) is 25.7 Å². The number of rotatable bonds is 7. The van der Waals surface area contributed by atoms with Gasteiger partial charge in [-0.05, 0) is 54.2 Å². The molecule has 2 fully saturated rings. The number of carbonyl (C=O) groups is 1. The highest BCUT2D eigenvalue weighted by Crippen LogP contribution is 2.33. The molecule has 1 aliphatic heterocycles. The maximum atomic E-state index is 13.4. The van der Waals surface area contributed by atoms with Crippen molar-refractivity contribution in [2.24, 2.45) is 5.92 Å². The van der Waals surface area contributed by atoms with Gasteiger partial charge >= 0.3 is 0 Å². The van der Waals surface area contributed by atoms with Crippen molar-refractivity contribution in [3.8, 4) is 0 Å². The van der Waals surface area contributed by atoms with Crippen molar-refractivity contribution < 1.29 is 13.2 Å². The molecule has 0 spiro atoms. The van der Waals surface area contributed by atoms with Gasteiger partial charge in [0.05, 0.1) is 5.92 Å². The average molecular weight is 447 g/mol. The van der Waals surface area contributed by atoms with Gasteiger partial charge in [-0.1, -0.05) is 44.2 Å². The number of amides is 1. The number of hydrogen-bond acceptors (Lipinski definition) is 4. The third-order valence-electron chi connectivity index (χ3n) is 6.09. The van der Waals surface area contributed by atoms with Gasteiger partial charge in [0.1, 0.15) is 4.21 Å². The van der Waals surface area contributed by atoms with E-state index in [-0.39, 0.29) is 18.4 Å². The van der Waals surface area contributed by atoms with E-state index >= 15 is 0 Å². The lowest BCUT2D eigenvalue weighted by atomic mass is 9.97. The van der Waals surface area contributed by atoms with Gasteiger partial charge < -0.3 is 4.90 Å². The first-order valence-corrected chi connectivity index (χ1v) is 13.1. The molecule has 30 heavy (non-hydrogen) atoms. The van der Waals surface area contributed by atoms with Gasteiger partial charge in [0.2, 0.25) is 5.91 Å². The first-order chi connectivity index (χ1) is 14.4. The quantitative estimate of drug-likeness (QED) is 0.631. The average Bonchev–Trinajstić information content (AvgIpc) is 3.43. The summed E-state index contributed by atoms with van der Waals surface area (Å²) in [5.74, 6) is 0.333. The number of thiophene rings is 1. The molecule has 1 amide bonds. The number of benzene rings is 1. The Morgan fingerprint density at radius 1 is 1.17 bits per heavy atom. The zero-order chi connectivity index (χ0) is 21.3. The molecule has 4 rings (SSSR count). The SMILES string of the molecule is CC(C)c1ccc(CN(C(=O)C2CCCN(S(=O)(=O)c3cccs3)C2)C2CC2)cc1. The number of carbonyl (C=O) groups excluding carboxylic acids is 1. The number of piperidine rings is 1. The van der Waals surface area contributed by atoms with Crippen LogP contribution < -0.4 is 0 Å². The van der Waals surface area contributed by atoms with Crippen LogP contribution in [0.4, 0.5) is 0 Å². The largest absolute Gasteiger partial charge is 0.335 e. The van der Waals surface area contributed by atoms with Gasteiger partial charge in [-0.25, -0.2) is 8.42 Å². The molecule has 2 heterocycles. The summed E-state index contributed by atoms with van der Waals surface area (Å²) in [5.41, 5.74) is 2.43. The second-order valence-corrected chi connectivity index (χ2v) is 11.8. The predicted octanol–water partition coefficient (Wildman–Crippen LogP) is 4.46. The zero-order valence-electron chi connectivity index (χ0n) is 17.7. The lowest BCUT2D eigenvalue weighted by Crippen LogP contribution is -2.47. The van der Waals surface area contributed by atoms with Crippen LogP contribution in [0.2, 0.25) is 0 Å². The summed E-state index contributed by atoms with van der Waals surface area (Å²) in [5, 5.41) is 1.78. The third-order valence-corrected chi connectivity index (χ3v) is 9.33. The van der Waals surface area contributed by atoms with Crippen molar-refractivity contribution in [1.29, 1.82) is 0 Å². The predicted molar refractivity (Wildman–Crippen MR) is 120 cm³/mol. The minimum Gasteiger partial charge on any atom is -0.335 e. The highest BCUT2D eigenvalue weighted by Gasteiger charge is 2.39. The normalized spacial score (nSPS) is 20.4. The minimum absolute atomic E-state index is 0.108. The summed E-state index contributed by atoms with van der Waals surface area (Å²) in [4.78, 5) is 15.4. The Labute approximate surface area is 183 Å². The lowest BCUT2D eigenvalue weighted by molar-refractivity contribution is -0.138.